The molecule has 0 spiro atoms. The summed E-state index contributed by atoms with van der Waals surface area (Å²) in [7, 11) is 3.14. The fourth-order valence-corrected chi connectivity index (χ4v) is 1.11. The second kappa shape index (κ2) is 4.09. The largest absolute Gasteiger partial charge is 0.491 e. The zero-order chi connectivity index (χ0) is 9.84. The van der Waals surface area contributed by atoms with Crippen molar-refractivity contribution >= 4 is 0 Å². The number of hydrogen-bond donors (Lipinski definition) is 1. The van der Waals surface area contributed by atoms with Crippen molar-refractivity contribution in [2.24, 2.45) is 5.73 Å². The first-order valence-corrected chi connectivity index (χ1v) is 4.01. The van der Waals surface area contributed by atoms with E-state index >= 15 is 0 Å². The first kappa shape index (κ1) is 9.80. The predicted molar refractivity (Wildman–Crippen MR) is 50.0 cm³/mol. The Labute approximate surface area is 77.7 Å². The molecule has 1 aromatic heterocycles. The molecular weight excluding hydrogens is 168 g/mol. The summed E-state index contributed by atoms with van der Waals surface area (Å²) < 4.78 is 10.1. The molecular formula is C9H14N2O2. The van der Waals surface area contributed by atoms with E-state index < -0.39 is 0 Å². The molecule has 0 unspecified atom stereocenters. The van der Waals surface area contributed by atoms with E-state index in [0.29, 0.717) is 18.2 Å². The van der Waals surface area contributed by atoms with Gasteiger partial charge in [0.25, 0.3) is 5.88 Å². The Bertz CT molecular complexity index is 300. The normalized spacial score (nSPS) is 9.85. The van der Waals surface area contributed by atoms with Gasteiger partial charge in [-0.3, -0.25) is 0 Å². The molecule has 0 fully saturated rings. The SMILES string of the molecule is COc1cc(C)c(CN)nc1OC. The van der Waals surface area contributed by atoms with E-state index in [1.165, 1.54) is 0 Å². The number of aryl methyl sites for hydroxylation is 1. The second-order valence-corrected chi connectivity index (χ2v) is 2.67. The van der Waals surface area contributed by atoms with Crippen molar-refractivity contribution in [1.82, 2.24) is 4.98 Å². The molecule has 0 saturated heterocycles. The zero-order valence-electron chi connectivity index (χ0n) is 8.13. The van der Waals surface area contributed by atoms with E-state index in [9.17, 15) is 0 Å². The Balaban J connectivity index is 3.18. The molecule has 0 aliphatic carbocycles. The molecule has 1 aromatic rings. The molecule has 72 valence electrons. The predicted octanol–water partition coefficient (Wildman–Crippen LogP) is 0.866. The molecule has 4 heteroatoms. The van der Waals surface area contributed by atoms with Crippen LogP contribution >= 0.6 is 0 Å². The quantitative estimate of drug-likeness (QED) is 0.753. The Morgan fingerprint density at radius 1 is 1.38 bits per heavy atom. The van der Waals surface area contributed by atoms with Crippen LogP contribution in [0, 0.1) is 6.92 Å². The van der Waals surface area contributed by atoms with Gasteiger partial charge in [0.1, 0.15) is 0 Å². The minimum Gasteiger partial charge on any atom is -0.491 e. The number of nitrogens with zero attached hydrogens (tertiary/aromatic N) is 1. The lowest BCUT2D eigenvalue weighted by Crippen LogP contribution is -2.05. The first-order valence-electron chi connectivity index (χ1n) is 4.01. The fraction of sp³-hybridized carbons (Fsp3) is 0.444. The molecule has 0 amide bonds. The van der Waals surface area contributed by atoms with Crippen LogP contribution in [0.5, 0.6) is 11.6 Å². The van der Waals surface area contributed by atoms with Crippen molar-refractivity contribution < 1.29 is 9.47 Å². The summed E-state index contributed by atoms with van der Waals surface area (Å²) in [5.74, 6) is 1.12. The maximum atomic E-state index is 5.51. The van der Waals surface area contributed by atoms with Crippen LogP contribution in [0.2, 0.25) is 0 Å². The molecule has 0 aliphatic heterocycles. The number of ether oxygens (including phenoxy) is 2. The van der Waals surface area contributed by atoms with Crippen molar-refractivity contribution in [3.63, 3.8) is 0 Å². The van der Waals surface area contributed by atoms with Crippen molar-refractivity contribution in [3.8, 4) is 11.6 Å². The smallest absolute Gasteiger partial charge is 0.257 e. The van der Waals surface area contributed by atoms with Crippen molar-refractivity contribution in [2.45, 2.75) is 13.5 Å². The van der Waals surface area contributed by atoms with E-state index in [1.54, 1.807) is 14.2 Å². The van der Waals surface area contributed by atoms with Crippen LogP contribution in [-0.4, -0.2) is 19.2 Å². The van der Waals surface area contributed by atoms with E-state index in [4.69, 9.17) is 15.2 Å². The maximum absolute atomic E-state index is 5.51. The maximum Gasteiger partial charge on any atom is 0.257 e. The summed E-state index contributed by atoms with van der Waals surface area (Å²) in [6, 6.07) is 1.87. The minimum atomic E-state index is 0.409. The van der Waals surface area contributed by atoms with Gasteiger partial charge in [-0.25, -0.2) is 4.98 Å². The van der Waals surface area contributed by atoms with E-state index in [2.05, 4.69) is 4.98 Å². The Morgan fingerprint density at radius 2 is 2.08 bits per heavy atom. The van der Waals surface area contributed by atoms with Gasteiger partial charge < -0.3 is 15.2 Å². The van der Waals surface area contributed by atoms with Gasteiger partial charge in [0.05, 0.1) is 19.9 Å². The molecule has 4 nitrogen and oxygen atoms in total. The van der Waals surface area contributed by atoms with Gasteiger partial charge in [0.2, 0.25) is 0 Å². The summed E-state index contributed by atoms with van der Waals surface area (Å²) in [5.41, 5.74) is 7.35. The standard InChI is InChI=1S/C9H14N2O2/c1-6-4-8(12-2)9(13-3)11-7(6)5-10/h4H,5,10H2,1-3H3. The highest BCUT2D eigenvalue weighted by Crippen LogP contribution is 2.26. The van der Waals surface area contributed by atoms with Crippen LogP contribution in [-0.2, 0) is 6.54 Å². The molecule has 0 saturated carbocycles. The second-order valence-electron chi connectivity index (χ2n) is 2.67. The Hall–Kier alpha value is -1.29. The van der Waals surface area contributed by atoms with Gasteiger partial charge in [-0.15, -0.1) is 0 Å². The molecule has 0 aliphatic rings. The number of nitrogens with two attached hydrogens (primary N) is 1. The molecule has 1 heterocycles. The molecule has 0 aromatic carbocycles. The third-order valence-corrected chi connectivity index (χ3v) is 1.86. The summed E-state index contributed by atoms with van der Waals surface area (Å²) in [4.78, 5) is 4.21. The third kappa shape index (κ3) is 1.89. The number of rotatable bonds is 3. The first-order chi connectivity index (χ1) is 6.22. The third-order valence-electron chi connectivity index (χ3n) is 1.86. The topological polar surface area (TPSA) is 57.4 Å². The minimum absolute atomic E-state index is 0.409. The monoisotopic (exact) mass is 182 g/mol. The summed E-state index contributed by atoms with van der Waals surface area (Å²) in [6.07, 6.45) is 0. The average Bonchev–Trinajstić information content (AvgIpc) is 2.17. The molecule has 0 atom stereocenters. The van der Waals surface area contributed by atoms with Gasteiger partial charge in [-0.05, 0) is 18.6 Å². The molecule has 0 radical (unpaired) electrons. The highest BCUT2D eigenvalue weighted by Gasteiger charge is 2.08. The molecule has 0 bridgehead atoms. The van der Waals surface area contributed by atoms with Crippen molar-refractivity contribution in [1.29, 1.82) is 0 Å². The fourth-order valence-electron chi connectivity index (χ4n) is 1.11. The van der Waals surface area contributed by atoms with E-state index in [0.717, 1.165) is 11.3 Å². The van der Waals surface area contributed by atoms with E-state index in [1.807, 2.05) is 13.0 Å². The number of methoxy groups -OCH3 is 2. The zero-order valence-corrected chi connectivity index (χ0v) is 8.13. The highest BCUT2D eigenvalue weighted by atomic mass is 16.5. The molecule has 1 rings (SSSR count). The molecule has 13 heavy (non-hydrogen) atoms. The number of hydrogen-bond acceptors (Lipinski definition) is 4. The number of aromatic nitrogens is 1. The van der Waals surface area contributed by atoms with Crippen LogP contribution in [0.15, 0.2) is 6.07 Å². The van der Waals surface area contributed by atoms with Crippen LogP contribution in [0.4, 0.5) is 0 Å². The Kier molecular flexibility index (Phi) is 3.08. The summed E-state index contributed by atoms with van der Waals surface area (Å²) in [5, 5.41) is 0. The van der Waals surface area contributed by atoms with Crippen LogP contribution in [0.25, 0.3) is 0 Å². The lowest BCUT2D eigenvalue weighted by Gasteiger charge is -2.09. The van der Waals surface area contributed by atoms with Crippen molar-refractivity contribution in [2.75, 3.05) is 14.2 Å². The van der Waals surface area contributed by atoms with Crippen molar-refractivity contribution in [3.05, 3.63) is 17.3 Å². The van der Waals surface area contributed by atoms with Gasteiger partial charge in [0, 0.05) is 6.54 Å². The lowest BCUT2D eigenvalue weighted by atomic mass is 10.2. The molecule has 2 N–H and O–H groups in total. The van der Waals surface area contributed by atoms with Crippen LogP contribution in [0.1, 0.15) is 11.3 Å². The van der Waals surface area contributed by atoms with Gasteiger partial charge in [-0.2, -0.15) is 0 Å². The van der Waals surface area contributed by atoms with E-state index in [-0.39, 0.29) is 0 Å². The average molecular weight is 182 g/mol. The highest BCUT2D eigenvalue weighted by molar-refractivity contribution is 5.39. The van der Waals surface area contributed by atoms with Gasteiger partial charge in [0.15, 0.2) is 5.75 Å². The van der Waals surface area contributed by atoms with Crippen LogP contribution in [0.3, 0.4) is 0 Å². The number of pyridine rings is 1. The van der Waals surface area contributed by atoms with Crippen LogP contribution < -0.4 is 15.2 Å². The summed E-state index contributed by atoms with van der Waals surface area (Å²) >= 11 is 0. The summed E-state index contributed by atoms with van der Waals surface area (Å²) in [6.45, 7) is 2.35. The van der Waals surface area contributed by atoms with Gasteiger partial charge >= 0.3 is 0 Å². The van der Waals surface area contributed by atoms with Gasteiger partial charge in [-0.1, -0.05) is 0 Å². The Morgan fingerprint density at radius 3 is 2.54 bits per heavy atom. The lowest BCUT2D eigenvalue weighted by molar-refractivity contribution is 0.341.